The van der Waals surface area contributed by atoms with Gasteiger partial charge in [-0.25, -0.2) is 28.8 Å². The minimum absolute atomic E-state index is 0.558. The zero-order valence-corrected chi connectivity index (χ0v) is 27.8. The van der Waals surface area contributed by atoms with Gasteiger partial charge < -0.3 is 45.3 Å². The maximum absolute atomic E-state index is 9.55. The number of piperazine rings is 1. The van der Waals surface area contributed by atoms with Crippen LogP contribution in [0.3, 0.4) is 0 Å². The molecule has 0 radical (unpaired) electrons. The van der Waals surface area contributed by atoms with Gasteiger partial charge in [0.1, 0.15) is 0 Å². The molecule has 0 saturated carbocycles. The Kier molecular flexibility index (Phi) is 19.2. The number of anilines is 2. The molecule has 0 aliphatic carbocycles. The van der Waals surface area contributed by atoms with E-state index < -0.39 is 35.8 Å². The molecule has 0 amide bonds. The van der Waals surface area contributed by atoms with Crippen molar-refractivity contribution < 1.29 is 59.4 Å². The molecule has 264 valence electrons. The Bertz CT molecular complexity index is 1430. The summed E-state index contributed by atoms with van der Waals surface area (Å²) >= 11 is 8.13. The summed E-state index contributed by atoms with van der Waals surface area (Å²) in [5.41, 5.74) is 2.55. The number of carboxylic acid groups (broad SMARTS) is 6. The summed E-state index contributed by atoms with van der Waals surface area (Å²) in [6, 6.07) is 14.9. The van der Waals surface area contributed by atoms with Gasteiger partial charge in [-0.3, -0.25) is 0 Å². The van der Waals surface area contributed by atoms with Gasteiger partial charge in [-0.15, -0.1) is 0 Å². The predicted octanol–water partition coefficient (Wildman–Crippen LogP) is 3.72. The second-order valence-corrected chi connectivity index (χ2v) is 11.4. The van der Waals surface area contributed by atoms with Gasteiger partial charge in [0.25, 0.3) is 0 Å². The topological polar surface area (TPSA) is 234 Å². The lowest BCUT2D eigenvalue weighted by Gasteiger charge is -2.35. The molecule has 2 aliphatic heterocycles. The van der Waals surface area contributed by atoms with Crippen LogP contribution < -0.4 is 4.90 Å². The van der Waals surface area contributed by atoms with E-state index in [1.54, 1.807) is 0 Å². The number of fused-ring (bicyclic) bond motifs is 2. The van der Waals surface area contributed by atoms with Crippen LogP contribution in [-0.2, 0) is 28.8 Å². The Morgan fingerprint density at radius 1 is 0.633 bits per heavy atom. The molecule has 0 bridgehead atoms. The highest BCUT2D eigenvalue weighted by Crippen LogP contribution is 2.48. The Hall–Kier alpha value is -5.16. The van der Waals surface area contributed by atoms with Crippen LogP contribution in [0.25, 0.3) is 0 Å². The molecule has 0 unspecified atom stereocenters. The van der Waals surface area contributed by atoms with Crippen LogP contribution in [0.5, 0.6) is 0 Å². The number of benzene rings is 2. The molecule has 0 aromatic heterocycles. The molecule has 17 heteroatoms. The van der Waals surface area contributed by atoms with Crippen LogP contribution in [0.15, 0.2) is 88.7 Å². The van der Waals surface area contributed by atoms with Crippen molar-refractivity contribution in [3.63, 3.8) is 0 Å². The highest BCUT2D eigenvalue weighted by atomic mass is 35.5. The molecule has 49 heavy (non-hydrogen) atoms. The van der Waals surface area contributed by atoms with Crippen molar-refractivity contribution in [2.75, 3.05) is 51.2 Å². The van der Waals surface area contributed by atoms with Crippen LogP contribution in [0.4, 0.5) is 11.4 Å². The molecule has 2 aromatic carbocycles. The van der Waals surface area contributed by atoms with E-state index in [2.05, 4.69) is 58.1 Å². The van der Waals surface area contributed by atoms with Gasteiger partial charge in [-0.1, -0.05) is 35.5 Å². The molecule has 2 aliphatic rings. The minimum atomic E-state index is -1.26. The van der Waals surface area contributed by atoms with Crippen molar-refractivity contribution in [1.29, 1.82) is 0 Å². The third kappa shape index (κ3) is 18.7. The third-order valence-corrected chi connectivity index (χ3v) is 7.51. The zero-order chi connectivity index (χ0) is 36.9. The van der Waals surface area contributed by atoms with Gasteiger partial charge in [0.05, 0.1) is 11.4 Å². The lowest BCUT2D eigenvalue weighted by molar-refractivity contribution is -0.134. The average Bonchev–Trinajstić information content (AvgIpc) is 3.03. The smallest absolute Gasteiger partial charge is 0.328 e. The van der Waals surface area contributed by atoms with Crippen LogP contribution in [0.2, 0.25) is 5.02 Å². The first-order chi connectivity index (χ1) is 23.1. The van der Waals surface area contributed by atoms with Crippen LogP contribution in [0, 0.1) is 0 Å². The first kappa shape index (κ1) is 41.9. The van der Waals surface area contributed by atoms with E-state index >= 15 is 0 Å². The quantitative estimate of drug-likeness (QED) is 0.192. The van der Waals surface area contributed by atoms with Gasteiger partial charge in [0, 0.05) is 84.0 Å². The van der Waals surface area contributed by atoms with Gasteiger partial charge in [0.2, 0.25) is 0 Å². The standard InChI is InChI=1S/C20H24ClN3S.3C4H4O4/c1-22-11-13-23(14-12-22)9-4-10-24-17-5-2-3-6-19(17)25-20-8-7-16(21)15-18(20)24;3*5-3(6)1-2-4(7)8/h2-3,5-8,15H,4,9-14H2,1H3;3*1-2H,(H,5,6)(H,7,8)/b;3*2-1-. The summed E-state index contributed by atoms with van der Waals surface area (Å²) in [5, 5.41) is 47.7. The number of hydrogen-bond donors (Lipinski definition) is 6. The summed E-state index contributed by atoms with van der Waals surface area (Å²) < 4.78 is 0. The first-order valence-corrected chi connectivity index (χ1v) is 15.4. The third-order valence-electron chi connectivity index (χ3n) is 6.15. The van der Waals surface area contributed by atoms with Gasteiger partial charge in [0.15, 0.2) is 0 Å². The van der Waals surface area contributed by atoms with Crippen molar-refractivity contribution in [2.45, 2.75) is 16.2 Å². The maximum Gasteiger partial charge on any atom is 0.328 e. The number of likely N-dealkylation sites (N-methyl/N-ethyl adjacent to an activating group) is 1. The molecule has 2 aromatic rings. The fraction of sp³-hybridized carbons (Fsp3) is 0.250. The van der Waals surface area contributed by atoms with Gasteiger partial charge >= 0.3 is 35.8 Å². The summed E-state index contributed by atoms with van der Waals surface area (Å²) in [6.07, 6.45) is 4.51. The van der Waals surface area contributed by atoms with Crippen LogP contribution in [-0.4, -0.2) is 123 Å². The number of aliphatic carboxylic acids is 6. The van der Waals surface area contributed by atoms with E-state index in [-0.39, 0.29) is 0 Å². The zero-order valence-electron chi connectivity index (χ0n) is 26.2. The largest absolute Gasteiger partial charge is 0.478 e. The van der Waals surface area contributed by atoms with Crippen molar-refractivity contribution in [3.05, 3.63) is 83.9 Å². The normalized spacial score (nSPS) is 13.9. The number of rotatable bonds is 10. The van der Waals surface area contributed by atoms with E-state index in [0.29, 0.717) is 36.5 Å². The van der Waals surface area contributed by atoms with E-state index in [9.17, 15) is 28.8 Å². The fourth-order valence-electron chi connectivity index (χ4n) is 3.99. The average molecular weight is 722 g/mol. The van der Waals surface area contributed by atoms with Gasteiger partial charge in [-0.2, -0.15) is 0 Å². The molecule has 6 N–H and O–H groups in total. The van der Waals surface area contributed by atoms with Crippen LogP contribution in [0.1, 0.15) is 6.42 Å². The molecule has 4 rings (SSSR count). The van der Waals surface area contributed by atoms with E-state index in [1.165, 1.54) is 47.3 Å². The van der Waals surface area contributed by atoms with E-state index in [0.717, 1.165) is 24.5 Å². The van der Waals surface area contributed by atoms with Crippen molar-refractivity contribution in [2.24, 2.45) is 0 Å². The van der Waals surface area contributed by atoms with Crippen LogP contribution >= 0.6 is 23.4 Å². The number of para-hydroxylation sites is 1. The minimum Gasteiger partial charge on any atom is -0.478 e. The Morgan fingerprint density at radius 3 is 1.51 bits per heavy atom. The van der Waals surface area contributed by atoms with E-state index in [1.807, 2.05) is 17.8 Å². The van der Waals surface area contributed by atoms with Crippen molar-refractivity contribution in [1.82, 2.24) is 9.80 Å². The summed E-state index contributed by atoms with van der Waals surface area (Å²) in [4.78, 5) is 67.4. The molecule has 1 saturated heterocycles. The van der Waals surface area contributed by atoms with E-state index in [4.69, 9.17) is 42.2 Å². The Labute approximate surface area is 290 Å². The first-order valence-electron chi connectivity index (χ1n) is 14.3. The predicted molar refractivity (Wildman–Crippen MR) is 181 cm³/mol. The number of carbonyl (C=O) groups is 6. The SMILES string of the molecule is CN1CCN(CCCN2c3ccccc3Sc3ccc(Cl)cc32)CC1.O=C(O)/C=C\C(=O)O.O=C(O)/C=C\C(=O)O.O=C(O)/C=C\C(=O)O. The molecule has 1 fully saturated rings. The Balaban J connectivity index is 0.000000411. The second kappa shape index (κ2) is 22.4. The van der Waals surface area contributed by atoms with Gasteiger partial charge in [-0.05, 0) is 50.3 Å². The molecule has 15 nitrogen and oxygen atoms in total. The van der Waals surface area contributed by atoms with Crippen molar-refractivity contribution >= 4 is 70.6 Å². The monoisotopic (exact) mass is 721 g/mol. The molecule has 0 atom stereocenters. The number of nitrogens with zero attached hydrogens (tertiary/aromatic N) is 3. The number of hydrogen-bond acceptors (Lipinski definition) is 10. The summed E-state index contributed by atoms with van der Waals surface area (Å²) in [7, 11) is 2.21. The number of carboxylic acids is 6. The molecular weight excluding hydrogens is 686 g/mol. The highest BCUT2D eigenvalue weighted by molar-refractivity contribution is 7.99. The lowest BCUT2D eigenvalue weighted by Crippen LogP contribution is -2.45. The molecule has 2 heterocycles. The summed E-state index contributed by atoms with van der Waals surface area (Å²) in [6.45, 7) is 6.92. The van der Waals surface area contributed by atoms with Crippen molar-refractivity contribution in [3.8, 4) is 0 Å². The highest BCUT2D eigenvalue weighted by Gasteiger charge is 2.23. The fourth-order valence-corrected chi connectivity index (χ4v) is 5.24. The molecule has 0 spiro atoms. The molecular formula is C32H36ClN3O12S. The number of halogens is 1. The Morgan fingerprint density at radius 2 is 1.06 bits per heavy atom. The maximum atomic E-state index is 9.55. The summed E-state index contributed by atoms with van der Waals surface area (Å²) in [5.74, 6) is -7.54. The second-order valence-electron chi connectivity index (χ2n) is 9.86. The lowest BCUT2D eigenvalue weighted by atomic mass is 10.2.